The van der Waals surface area contributed by atoms with Gasteiger partial charge in [-0.25, -0.2) is 0 Å². The maximum Gasteiger partial charge on any atom is 0.161 e. The molecule has 0 amide bonds. The summed E-state index contributed by atoms with van der Waals surface area (Å²) in [5.41, 5.74) is 8.19. The summed E-state index contributed by atoms with van der Waals surface area (Å²) in [5, 5.41) is 3.80. The number of para-hydroxylation sites is 1. The van der Waals surface area contributed by atoms with Gasteiger partial charge in [-0.05, 0) is 77.9 Å². The van der Waals surface area contributed by atoms with Crippen molar-refractivity contribution in [1.82, 2.24) is 0 Å². The number of hydrogen-bond donors (Lipinski definition) is 1. The van der Waals surface area contributed by atoms with E-state index in [1.807, 2.05) is 24.4 Å². The number of methoxy groups -OCH3 is 1. The van der Waals surface area contributed by atoms with Gasteiger partial charge in [0.1, 0.15) is 6.61 Å². The van der Waals surface area contributed by atoms with Crippen LogP contribution in [0, 0.1) is 12.8 Å². The van der Waals surface area contributed by atoms with Gasteiger partial charge in [0.25, 0.3) is 0 Å². The number of aryl methyl sites for hydroxylation is 1. The van der Waals surface area contributed by atoms with Crippen LogP contribution >= 0.6 is 0 Å². The van der Waals surface area contributed by atoms with Crippen LogP contribution in [0.2, 0.25) is 0 Å². The molecule has 4 nitrogen and oxygen atoms in total. The molecule has 3 atom stereocenters. The Morgan fingerprint density at radius 3 is 2.55 bits per heavy atom. The maximum atomic E-state index is 6.01. The third kappa shape index (κ3) is 4.95. The Morgan fingerprint density at radius 2 is 1.74 bits per heavy atom. The Labute approximate surface area is 224 Å². The molecule has 38 heavy (non-hydrogen) atoms. The van der Waals surface area contributed by atoms with Gasteiger partial charge in [-0.15, -0.1) is 0 Å². The smallest absolute Gasteiger partial charge is 0.161 e. The second-order valence-corrected chi connectivity index (χ2v) is 10.1. The first-order valence-corrected chi connectivity index (χ1v) is 13.2. The molecule has 0 spiro atoms. The van der Waals surface area contributed by atoms with Crippen molar-refractivity contribution >= 4 is 17.6 Å². The molecule has 190 valence electrons. The van der Waals surface area contributed by atoms with Gasteiger partial charge in [0.15, 0.2) is 11.5 Å². The number of rotatable bonds is 7. The van der Waals surface area contributed by atoms with Crippen LogP contribution in [0.3, 0.4) is 0 Å². The van der Waals surface area contributed by atoms with Crippen LogP contribution in [0.15, 0.2) is 108 Å². The van der Waals surface area contributed by atoms with Gasteiger partial charge in [0, 0.05) is 17.8 Å². The van der Waals surface area contributed by atoms with Crippen LogP contribution in [0.1, 0.15) is 46.2 Å². The summed E-state index contributed by atoms with van der Waals surface area (Å²) in [4.78, 5) is 4.72. The van der Waals surface area contributed by atoms with Gasteiger partial charge in [0.05, 0.1) is 18.8 Å². The average Bonchev–Trinajstić information content (AvgIpc) is 3.46. The molecule has 0 bridgehead atoms. The monoisotopic (exact) mass is 500 g/mol. The van der Waals surface area contributed by atoms with E-state index in [9.17, 15) is 0 Å². The first kappa shape index (κ1) is 24.1. The zero-order valence-electron chi connectivity index (χ0n) is 21.8. The van der Waals surface area contributed by atoms with Crippen molar-refractivity contribution in [2.45, 2.75) is 31.9 Å². The van der Waals surface area contributed by atoms with Crippen LogP contribution in [0.4, 0.5) is 11.4 Å². The zero-order chi connectivity index (χ0) is 25.9. The highest BCUT2D eigenvalue weighted by Gasteiger charge is 2.37. The molecule has 4 aromatic carbocycles. The summed E-state index contributed by atoms with van der Waals surface area (Å²) in [5.74, 6) is 2.43. The summed E-state index contributed by atoms with van der Waals surface area (Å²) in [7, 11) is 1.66. The Kier molecular flexibility index (Phi) is 6.70. The number of hydrogen-bond acceptors (Lipinski definition) is 4. The molecule has 4 aromatic rings. The van der Waals surface area contributed by atoms with Crippen LogP contribution in [-0.4, -0.2) is 13.3 Å². The zero-order valence-corrected chi connectivity index (χ0v) is 21.8. The molecule has 2 aliphatic rings. The summed E-state index contributed by atoms with van der Waals surface area (Å²) >= 11 is 0. The fraction of sp³-hybridized carbons (Fsp3) is 0.206. The number of allylic oxidation sites excluding steroid dienone is 2. The summed E-state index contributed by atoms with van der Waals surface area (Å²) in [6.07, 6.45) is 7.68. The van der Waals surface area contributed by atoms with Crippen LogP contribution in [-0.2, 0) is 6.61 Å². The highest BCUT2D eigenvalue weighted by Crippen LogP contribution is 2.49. The fourth-order valence-corrected chi connectivity index (χ4v) is 5.52. The number of nitrogens with one attached hydrogen (secondary N) is 1. The Balaban J connectivity index is 1.14. The molecular weight excluding hydrogens is 468 g/mol. The highest BCUT2D eigenvalue weighted by molar-refractivity contribution is 5.83. The lowest BCUT2D eigenvalue weighted by Gasteiger charge is -2.37. The predicted molar refractivity (Wildman–Crippen MR) is 155 cm³/mol. The van der Waals surface area contributed by atoms with E-state index in [4.69, 9.17) is 14.5 Å². The van der Waals surface area contributed by atoms with Gasteiger partial charge in [-0.3, -0.25) is 4.99 Å². The molecular formula is C34H32N2O2. The van der Waals surface area contributed by atoms with E-state index in [-0.39, 0.29) is 0 Å². The molecule has 1 aliphatic heterocycles. The SMILES string of the molecule is COc1cc(C=Nc2ccc([C@@H]3Nc4ccccc4[C@H]4C=CC[C@H]43)cc2)ccc1OCc1ccc(C)cc1. The van der Waals surface area contributed by atoms with Crippen molar-refractivity contribution in [2.24, 2.45) is 10.9 Å². The van der Waals surface area contributed by atoms with Gasteiger partial charge >= 0.3 is 0 Å². The number of anilines is 1. The lowest BCUT2D eigenvalue weighted by atomic mass is 9.77. The lowest BCUT2D eigenvalue weighted by molar-refractivity contribution is 0.284. The first-order chi connectivity index (χ1) is 18.7. The Bertz CT molecular complexity index is 1470. The van der Waals surface area contributed by atoms with Crippen LogP contribution in [0.25, 0.3) is 0 Å². The topological polar surface area (TPSA) is 42.8 Å². The Hall–Kier alpha value is -4.31. The molecule has 0 saturated heterocycles. The second-order valence-electron chi connectivity index (χ2n) is 10.1. The first-order valence-electron chi connectivity index (χ1n) is 13.2. The minimum Gasteiger partial charge on any atom is -0.493 e. The van der Waals surface area contributed by atoms with E-state index in [2.05, 4.69) is 97.2 Å². The minimum absolute atomic E-state index is 0.291. The predicted octanol–water partition coefficient (Wildman–Crippen LogP) is 8.16. The minimum atomic E-state index is 0.291. The summed E-state index contributed by atoms with van der Waals surface area (Å²) in [6, 6.07) is 31.8. The van der Waals surface area contributed by atoms with E-state index in [1.54, 1.807) is 7.11 Å². The fourth-order valence-electron chi connectivity index (χ4n) is 5.52. The standard InChI is InChI=1S/C34H32N2O2/c1-23-10-12-24(13-11-23)22-38-32-19-14-25(20-33(32)37-2)21-35-27-17-15-26(16-18-27)34-30-8-5-7-28(30)29-6-3-4-9-31(29)36-34/h3-7,9-21,28,30,34,36H,8,22H2,1-2H3/t28-,30-,34+/m1/s1. The molecule has 0 aromatic heterocycles. The quantitative estimate of drug-likeness (QED) is 0.206. The molecule has 0 fully saturated rings. The normalized spacial score (nSPS) is 19.6. The Morgan fingerprint density at radius 1 is 0.921 bits per heavy atom. The van der Waals surface area contributed by atoms with E-state index in [1.165, 1.54) is 22.4 Å². The number of aliphatic imine (C=N–C) groups is 1. The maximum absolute atomic E-state index is 6.01. The van der Waals surface area contributed by atoms with Gasteiger partial charge in [0.2, 0.25) is 0 Å². The van der Waals surface area contributed by atoms with E-state index >= 15 is 0 Å². The van der Waals surface area contributed by atoms with Crippen molar-refractivity contribution in [3.63, 3.8) is 0 Å². The van der Waals surface area contributed by atoms with Gasteiger partial charge in [-0.2, -0.15) is 0 Å². The van der Waals surface area contributed by atoms with Crippen molar-refractivity contribution < 1.29 is 9.47 Å². The average molecular weight is 501 g/mol. The lowest BCUT2D eigenvalue weighted by Crippen LogP contribution is -2.28. The number of nitrogens with zero attached hydrogens (tertiary/aromatic N) is 1. The number of benzene rings is 4. The molecule has 1 aliphatic carbocycles. The molecule has 6 rings (SSSR count). The van der Waals surface area contributed by atoms with E-state index in [0.717, 1.165) is 29.0 Å². The van der Waals surface area contributed by atoms with Crippen molar-refractivity contribution in [1.29, 1.82) is 0 Å². The second kappa shape index (κ2) is 10.6. The van der Waals surface area contributed by atoms with E-state index in [0.29, 0.717) is 30.2 Å². The summed E-state index contributed by atoms with van der Waals surface area (Å²) in [6.45, 7) is 2.58. The molecule has 0 saturated carbocycles. The number of fused-ring (bicyclic) bond motifs is 3. The van der Waals surface area contributed by atoms with Crippen LogP contribution < -0.4 is 14.8 Å². The van der Waals surface area contributed by atoms with Crippen molar-refractivity contribution in [2.75, 3.05) is 12.4 Å². The molecule has 1 heterocycles. The highest BCUT2D eigenvalue weighted by atomic mass is 16.5. The van der Waals surface area contributed by atoms with Crippen molar-refractivity contribution in [3.8, 4) is 11.5 Å². The number of ether oxygens (including phenoxy) is 2. The third-order valence-corrected chi connectivity index (χ3v) is 7.59. The largest absolute Gasteiger partial charge is 0.493 e. The molecule has 1 N–H and O–H groups in total. The van der Waals surface area contributed by atoms with Gasteiger partial charge < -0.3 is 14.8 Å². The molecule has 0 radical (unpaired) electrons. The van der Waals surface area contributed by atoms with E-state index < -0.39 is 0 Å². The molecule has 4 heteroatoms. The third-order valence-electron chi connectivity index (χ3n) is 7.59. The summed E-state index contributed by atoms with van der Waals surface area (Å²) < 4.78 is 11.6. The van der Waals surface area contributed by atoms with Gasteiger partial charge in [-0.1, -0.05) is 72.3 Å². The van der Waals surface area contributed by atoms with Crippen molar-refractivity contribution in [3.05, 3.63) is 131 Å². The molecule has 0 unspecified atom stereocenters. The van der Waals surface area contributed by atoms with Crippen LogP contribution in [0.5, 0.6) is 11.5 Å².